The quantitative estimate of drug-likeness (QED) is 0.768. The van der Waals surface area contributed by atoms with Gasteiger partial charge >= 0.3 is 0 Å². The van der Waals surface area contributed by atoms with Gasteiger partial charge in [-0.05, 0) is 43.5 Å². The molecule has 1 aromatic heterocycles. The fourth-order valence-electron chi connectivity index (χ4n) is 4.12. The lowest BCUT2D eigenvalue weighted by Gasteiger charge is -2.36. The molecule has 0 bridgehead atoms. The Balaban J connectivity index is 1.48. The molecule has 2 fully saturated rings. The molecule has 160 valence electrons. The summed E-state index contributed by atoms with van der Waals surface area (Å²) >= 11 is 0. The lowest BCUT2D eigenvalue weighted by molar-refractivity contribution is 0.0740. The van der Waals surface area contributed by atoms with Crippen LogP contribution < -0.4 is 10.5 Å². The first-order chi connectivity index (χ1) is 14.4. The third-order valence-electron chi connectivity index (χ3n) is 5.83. The fraction of sp³-hybridized carbons (Fsp3) is 0.455. The molecular formula is C22H25F2N3O3. The van der Waals surface area contributed by atoms with Crippen LogP contribution in [0.25, 0.3) is 0 Å². The molecule has 0 N–H and O–H groups in total. The molecule has 0 radical (unpaired) electrons. The van der Waals surface area contributed by atoms with Gasteiger partial charge < -0.3 is 19.1 Å². The maximum atomic E-state index is 14.1. The molecule has 8 heteroatoms. The van der Waals surface area contributed by atoms with Crippen LogP contribution in [0.2, 0.25) is 0 Å². The van der Waals surface area contributed by atoms with E-state index in [0.717, 1.165) is 18.9 Å². The third kappa shape index (κ3) is 4.09. The van der Waals surface area contributed by atoms with E-state index in [1.807, 2.05) is 0 Å². The number of aryl methyl sites for hydroxylation is 1. The summed E-state index contributed by atoms with van der Waals surface area (Å²) in [4.78, 5) is 29.5. The maximum Gasteiger partial charge on any atom is 0.263 e. The van der Waals surface area contributed by atoms with Crippen molar-refractivity contribution >= 4 is 11.6 Å². The van der Waals surface area contributed by atoms with Gasteiger partial charge in [0.2, 0.25) is 0 Å². The summed E-state index contributed by atoms with van der Waals surface area (Å²) in [6.07, 6.45) is 3.61. The van der Waals surface area contributed by atoms with E-state index in [1.165, 1.54) is 12.1 Å². The molecule has 2 saturated heterocycles. The summed E-state index contributed by atoms with van der Waals surface area (Å²) in [6, 6.07) is 5.28. The highest BCUT2D eigenvalue weighted by Crippen LogP contribution is 2.22. The highest BCUT2D eigenvalue weighted by Gasteiger charge is 2.27. The number of aromatic nitrogens is 1. The van der Waals surface area contributed by atoms with Crippen LogP contribution in [-0.2, 0) is 11.3 Å². The topological polar surface area (TPSA) is 54.8 Å². The monoisotopic (exact) mass is 417 g/mol. The number of anilines is 1. The molecule has 3 heterocycles. The Kier molecular flexibility index (Phi) is 5.85. The molecule has 2 aliphatic heterocycles. The number of ether oxygens (including phenoxy) is 1. The molecule has 0 aliphatic carbocycles. The number of hydrogen-bond acceptors (Lipinski definition) is 4. The molecule has 6 nitrogen and oxygen atoms in total. The number of hydrogen-bond donors (Lipinski definition) is 0. The molecule has 30 heavy (non-hydrogen) atoms. The zero-order chi connectivity index (χ0) is 21.3. The van der Waals surface area contributed by atoms with Gasteiger partial charge in [0.15, 0.2) is 0 Å². The van der Waals surface area contributed by atoms with E-state index in [4.69, 9.17) is 4.74 Å². The van der Waals surface area contributed by atoms with Crippen molar-refractivity contribution < 1.29 is 18.3 Å². The summed E-state index contributed by atoms with van der Waals surface area (Å²) in [5.74, 6) is -1.55. The van der Waals surface area contributed by atoms with Gasteiger partial charge in [-0.25, -0.2) is 8.78 Å². The summed E-state index contributed by atoms with van der Waals surface area (Å²) in [5, 5.41) is 0. The zero-order valence-corrected chi connectivity index (χ0v) is 16.9. The number of amides is 1. The van der Waals surface area contributed by atoms with Gasteiger partial charge in [-0.3, -0.25) is 9.59 Å². The highest BCUT2D eigenvalue weighted by molar-refractivity contribution is 5.95. The summed E-state index contributed by atoms with van der Waals surface area (Å²) in [6.45, 7) is 4.43. The van der Waals surface area contributed by atoms with E-state index < -0.39 is 11.6 Å². The first-order valence-electron chi connectivity index (χ1n) is 10.2. The Hall–Kier alpha value is -2.74. The number of piperazine rings is 1. The molecule has 0 spiro atoms. The Morgan fingerprint density at radius 3 is 2.60 bits per heavy atom. The molecule has 0 saturated carbocycles. The second kappa shape index (κ2) is 8.55. The van der Waals surface area contributed by atoms with Crippen molar-refractivity contribution in [3.8, 4) is 0 Å². The SMILES string of the molecule is Cc1ccn(CC2CCCO2)c(=O)c1C(=O)N1CCN(c2ccc(F)cc2F)CC1. The first-order valence-corrected chi connectivity index (χ1v) is 10.2. The van der Waals surface area contributed by atoms with Gasteiger partial charge in [-0.15, -0.1) is 0 Å². The van der Waals surface area contributed by atoms with Gasteiger partial charge in [0.05, 0.1) is 18.3 Å². The normalized spacial score (nSPS) is 19.4. The molecule has 4 rings (SSSR count). The van der Waals surface area contributed by atoms with E-state index in [-0.39, 0.29) is 23.1 Å². The predicted octanol–water partition coefficient (Wildman–Crippen LogP) is 2.58. The van der Waals surface area contributed by atoms with Crippen LogP contribution in [0.5, 0.6) is 0 Å². The minimum Gasteiger partial charge on any atom is -0.376 e. The van der Waals surface area contributed by atoms with Crippen molar-refractivity contribution in [1.29, 1.82) is 0 Å². The lowest BCUT2D eigenvalue weighted by Crippen LogP contribution is -2.50. The number of nitrogens with zero attached hydrogens (tertiary/aromatic N) is 3. The van der Waals surface area contributed by atoms with Crippen molar-refractivity contribution in [1.82, 2.24) is 9.47 Å². The van der Waals surface area contributed by atoms with Gasteiger partial charge in [-0.2, -0.15) is 0 Å². The highest BCUT2D eigenvalue weighted by atomic mass is 19.1. The smallest absolute Gasteiger partial charge is 0.263 e. The average molecular weight is 417 g/mol. The minimum absolute atomic E-state index is 0.00232. The molecule has 1 amide bonds. The molecule has 1 unspecified atom stereocenters. The van der Waals surface area contributed by atoms with Crippen LogP contribution in [0.4, 0.5) is 14.5 Å². The Morgan fingerprint density at radius 2 is 1.93 bits per heavy atom. The van der Waals surface area contributed by atoms with Crippen LogP contribution in [-0.4, -0.2) is 54.3 Å². The van der Waals surface area contributed by atoms with Crippen LogP contribution in [0.1, 0.15) is 28.8 Å². The number of carbonyl (C=O) groups excluding carboxylic acids is 1. The van der Waals surface area contributed by atoms with Crippen molar-refractivity contribution in [3.05, 3.63) is 63.6 Å². The summed E-state index contributed by atoms with van der Waals surface area (Å²) < 4.78 is 34.4. The van der Waals surface area contributed by atoms with Gasteiger partial charge in [0, 0.05) is 45.0 Å². The molecule has 2 aromatic rings. The average Bonchev–Trinajstić information content (AvgIpc) is 3.23. The maximum absolute atomic E-state index is 14.1. The Morgan fingerprint density at radius 1 is 1.17 bits per heavy atom. The van der Waals surface area contributed by atoms with Gasteiger partial charge in [-0.1, -0.05) is 0 Å². The van der Waals surface area contributed by atoms with Crippen LogP contribution >= 0.6 is 0 Å². The minimum atomic E-state index is -0.621. The largest absolute Gasteiger partial charge is 0.376 e. The van der Waals surface area contributed by atoms with Crippen molar-refractivity contribution in [2.24, 2.45) is 0 Å². The van der Waals surface area contributed by atoms with E-state index >= 15 is 0 Å². The van der Waals surface area contributed by atoms with Gasteiger partial charge in [0.25, 0.3) is 11.5 Å². The van der Waals surface area contributed by atoms with Crippen molar-refractivity contribution in [2.45, 2.75) is 32.4 Å². The first kappa shape index (κ1) is 20.5. The van der Waals surface area contributed by atoms with Crippen molar-refractivity contribution in [3.63, 3.8) is 0 Å². The molecule has 1 aromatic carbocycles. The van der Waals surface area contributed by atoms with Crippen LogP contribution in [0.3, 0.4) is 0 Å². The second-order valence-corrected chi connectivity index (χ2v) is 7.84. The van der Waals surface area contributed by atoms with E-state index in [0.29, 0.717) is 50.6 Å². The van der Waals surface area contributed by atoms with Crippen LogP contribution in [0, 0.1) is 18.6 Å². The predicted molar refractivity (Wildman–Crippen MR) is 109 cm³/mol. The van der Waals surface area contributed by atoms with Crippen molar-refractivity contribution in [2.75, 3.05) is 37.7 Å². The molecular weight excluding hydrogens is 392 g/mol. The Labute approximate surface area is 173 Å². The summed E-state index contributed by atoms with van der Waals surface area (Å²) in [5.41, 5.74) is 0.832. The Bertz CT molecular complexity index is 994. The number of carbonyl (C=O) groups is 1. The standard InChI is InChI=1S/C22H25F2N3O3/c1-15-6-7-27(14-17-3-2-12-30-17)22(29)20(15)21(28)26-10-8-25(9-11-26)19-5-4-16(23)13-18(19)24/h4-7,13,17H,2-3,8-12,14H2,1H3. The molecule has 2 aliphatic rings. The summed E-state index contributed by atoms with van der Waals surface area (Å²) in [7, 11) is 0. The molecule has 1 atom stereocenters. The second-order valence-electron chi connectivity index (χ2n) is 7.84. The van der Waals surface area contributed by atoms with E-state index in [2.05, 4.69) is 0 Å². The number of benzene rings is 1. The number of rotatable bonds is 4. The van der Waals surface area contributed by atoms with Crippen LogP contribution in [0.15, 0.2) is 35.3 Å². The number of pyridine rings is 1. The number of halogens is 2. The fourth-order valence-corrected chi connectivity index (χ4v) is 4.12. The van der Waals surface area contributed by atoms with E-state index in [9.17, 15) is 18.4 Å². The van der Waals surface area contributed by atoms with E-state index in [1.54, 1.807) is 33.6 Å². The third-order valence-corrected chi connectivity index (χ3v) is 5.83. The van der Waals surface area contributed by atoms with Gasteiger partial charge in [0.1, 0.15) is 17.2 Å². The lowest BCUT2D eigenvalue weighted by atomic mass is 10.1. The zero-order valence-electron chi connectivity index (χ0n) is 16.9.